The zero-order valence-electron chi connectivity index (χ0n) is 14.9. The number of nitrogens with two attached hydrogens (primary N) is 1. The Kier molecular flexibility index (Phi) is 4.56. The number of primary sulfonamides is 1. The maximum absolute atomic E-state index is 13.5. The molecule has 0 radical (unpaired) electrons. The molecule has 1 aliphatic rings. The van der Waals surface area contributed by atoms with Crippen LogP contribution in [0.3, 0.4) is 0 Å². The Morgan fingerprint density at radius 3 is 2.27 bits per heavy atom. The Morgan fingerprint density at radius 1 is 1.12 bits per heavy atom. The van der Waals surface area contributed by atoms with Crippen LogP contribution < -0.4 is 10.5 Å². The van der Waals surface area contributed by atoms with E-state index in [4.69, 9.17) is 5.14 Å². The van der Waals surface area contributed by atoms with Crippen molar-refractivity contribution in [1.29, 1.82) is 0 Å². The van der Waals surface area contributed by atoms with Gasteiger partial charge in [-0.25, -0.2) is 22.3 Å². The molecule has 1 aliphatic carbocycles. The fraction of sp³-hybridized carbons (Fsp3) is 0.368. The SMILES string of the molecule is Cc1cc(F)c(F)cc1NC[C@@H]1[C@@H](c2ccc(S(N)(=O)=O)cc2)C1(C)C. The summed E-state index contributed by atoms with van der Waals surface area (Å²) in [6.07, 6.45) is 0. The number of halogens is 2. The van der Waals surface area contributed by atoms with Crippen LogP contribution in [0.5, 0.6) is 0 Å². The molecule has 0 aliphatic heterocycles. The van der Waals surface area contributed by atoms with E-state index in [0.29, 0.717) is 17.8 Å². The smallest absolute Gasteiger partial charge is 0.238 e. The third-order valence-electron chi connectivity index (χ3n) is 5.40. The van der Waals surface area contributed by atoms with Gasteiger partial charge < -0.3 is 5.32 Å². The summed E-state index contributed by atoms with van der Waals surface area (Å²) in [5.41, 5.74) is 2.28. The third kappa shape index (κ3) is 3.46. The quantitative estimate of drug-likeness (QED) is 0.829. The van der Waals surface area contributed by atoms with Gasteiger partial charge in [-0.2, -0.15) is 0 Å². The molecular formula is C19H22F2N2O2S. The average Bonchev–Trinajstić information content (AvgIpc) is 3.10. The second kappa shape index (κ2) is 6.32. The van der Waals surface area contributed by atoms with Gasteiger partial charge in [-0.3, -0.25) is 0 Å². The number of sulfonamides is 1. The van der Waals surface area contributed by atoms with Gasteiger partial charge in [0.25, 0.3) is 0 Å². The summed E-state index contributed by atoms with van der Waals surface area (Å²) in [5, 5.41) is 8.34. The average molecular weight is 380 g/mol. The van der Waals surface area contributed by atoms with Crippen molar-refractivity contribution in [3.05, 3.63) is 59.2 Å². The highest BCUT2D eigenvalue weighted by atomic mass is 32.2. The van der Waals surface area contributed by atoms with Crippen molar-refractivity contribution >= 4 is 15.7 Å². The zero-order valence-corrected chi connectivity index (χ0v) is 15.7. The van der Waals surface area contributed by atoms with Gasteiger partial charge in [0.1, 0.15) is 0 Å². The van der Waals surface area contributed by atoms with Crippen LogP contribution in [0.15, 0.2) is 41.3 Å². The number of benzene rings is 2. The molecule has 0 bridgehead atoms. The molecule has 2 aromatic carbocycles. The first kappa shape index (κ1) is 18.8. The van der Waals surface area contributed by atoms with Crippen molar-refractivity contribution < 1.29 is 17.2 Å². The van der Waals surface area contributed by atoms with E-state index in [0.717, 1.165) is 5.56 Å². The monoisotopic (exact) mass is 380 g/mol. The van der Waals surface area contributed by atoms with Gasteiger partial charge in [0.15, 0.2) is 11.6 Å². The predicted molar refractivity (Wildman–Crippen MR) is 97.4 cm³/mol. The molecule has 4 nitrogen and oxygen atoms in total. The second-order valence-electron chi connectivity index (χ2n) is 7.48. The van der Waals surface area contributed by atoms with Crippen LogP contribution in [0, 0.1) is 29.9 Å². The number of aryl methyl sites for hydroxylation is 1. The van der Waals surface area contributed by atoms with Crippen LogP contribution in [0.2, 0.25) is 0 Å². The molecule has 26 heavy (non-hydrogen) atoms. The van der Waals surface area contributed by atoms with Crippen LogP contribution in [-0.2, 0) is 10.0 Å². The highest BCUT2D eigenvalue weighted by molar-refractivity contribution is 7.89. The summed E-state index contributed by atoms with van der Waals surface area (Å²) in [6.45, 7) is 6.61. The molecule has 0 unspecified atom stereocenters. The van der Waals surface area contributed by atoms with Gasteiger partial charge in [0.05, 0.1) is 4.90 Å². The number of hydrogen-bond donors (Lipinski definition) is 2. The van der Waals surface area contributed by atoms with Crippen LogP contribution in [-0.4, -0.2) is 15.0 Å². The van der Waals surface area contributed by atoms with E-state index in [1.54, 1.807) is 19.1 Å². The fourth-order valence-electron chi connectivity index (χ4n) is 3.71. The lowest BCUT2D eigenvalue weighted by Gasteiger charge is -2.11. The molecule has 2 atom stereocenters. The largest absolute Gasteiger partial charge is 0.384 e. The molecular weight excluding hydrogens is 358 g/mol. The molecule has 0 spiro atoms. The maximum Gasteiger partial charge on any atom is 0.238 e. The lowest BCUT2D eigenvalue weighted by molar-refractivity contribution is 0.508. The highest BCUT2D eigenvalue weighted by Gasteiger charge is 2.57. The van der Waals surface area contributed by atoms with E-state index in [2.05, 4.69) is 19.2 Å². The Hall–Kier alpha value is -1.99. The normalized spacial score (nSPS) is 21.5. The molecule has 1 fully saturated rings. The van der Waals surface area contributed by atoms with Crippen molar-refractivity contribution in [3.63, 3.8) is 0 Å². The molecule has 0 aromatic heterocycles. The number of nitrogens with one attached hydrogen (secondary N) is 1. The minimum absolute atomic E-state index is 0.0165. The summed E-state index contributed by atoms with van der Waals surface area (Å²) in [6, 6.07) is 8.96. The first-order valence-electron chi connectivity index (χ1n) is 8.34. The number of rotatable bonds is 5. The molecule has 2 aromatic rings. The van der Waals surface area contributed by atoms with Crippen LogP contribution in [0.25, 0.3) is 0 Å². The van der Waals surface area contributed by atoms with Gasteiger partial charge in [-0.05, 0) is 53.5 Å². The van der Waals surface area contributed by atoms with Crippen molar-refractivity contribution in [2.75, 3.05) is 11.9 Å². The van der Waals surface area contributed by atoms with Gasteiger partial charge >= 0.3 is 0 Å². The molecule has 0 amide bonds. The molecule has 3 rings (SSSR count). The summed E-state index contributed by atoms with van der Waals surface area (Å²) < 4.78 is 49.4. The summed E-state index contributed by atoms with van der Waals surface area (Å²) in [4.78, 5) is 0.0896. The van der Waals surface area contributed by atoms with Gasteiger partial charge in [0.2, 0.25) is 10.0 Å². The van der Waals surface area contributed by atoms with E-state index >= 15 is 0 Å². The topological polar surface area (TPSA) is 72.2 Å². The Bertz CT molecular complexity index is 941. The number of hydrogen-bond acceptors (Lipinski definition) is 3. The van der Waals surface area contributed by atoms with Crippen molar-refractivity contribution in [1.82, 2.24) is 0 Å². The molecule has 0 saturated heterocycles. The van der Waals surface area contributed by atoms with Crippen LogP contribution >= 0.6 is 0 Å². The summed E-state index contributed by atoms with van der Waals surface area (Å²) in [5.74, 6) is -1.19. The second-order valence-corrected chi connectivity index (χ2v) is 9.04. The van der Waals surface area contributed by atoms with Crippen molar-refractivity contribution in [2.45, 2.75) is 31.6 Å². The molecule has 7 heteroatoms. The predicted octanol–water partition coefficient (Wildman–Crippen LogP) is 3.77. The summed E-state index contributed by atoms with van der Waals surface area (Å²) in [7, 11) is -3.70. The minimum atomic E-state index is -3.70. The highest BCUT2D eigenvalue weighted by Crippen LogP contribution is 2.64. The fourth-order valence-corrected chi connectivity index (χ4v) is 4.22. The van der Waals surface area contributed by atoms with Crippen LogP contribution in [0.4, 0.5) is 14.5 Å². The first-order chi connectivity index (χ1) is 12.0. The zero-order chi connectivity index (χ0) is 19.3. The molecule has 1 saturated carbocycles. The standard InChI is InChI=1S/C19H22F2N2O2S/c1-11-8-15(20)16(21)9-17(11)23-10-14-18(19(14,2)3)12-4-6-13(7-5-12)26(22,24)25/h4-9,14,18,23H,10H2,1-3H3,(H2,22,24,25)/t14-,18-/m1/s1. The van der Waals surface area contributed by atoms with Gasteiger partial charge in [-0.1, -0.05) is 26.0 Å². The van der Waals surface area contributed by atoms with Crippen molar-refractivity contribution in [2.24, 2.45) is 16.5 Å². The Balaban J connectivity index is 1.73. The van der Waals surface area contributed by atoms with E-state index < -0.39 is 21.7 Å². The molecule has 140 valence electrons. The van der Waals surface area contributed by atoms with E-state index in [-0.39, 0.29) is 22.1 Å². The third-order valence-corrected chi connectivity index (χ3v) is 6.33. The lowest BCUT2D eigenvalue weighted by atomic mass is 10.0. The minimum Gasteiger partial charge on any atom is -0.384 e. The Labute approximate surface area is 152 Å². The van der Waals surface area contributed by atoms with Gasteiger partial charge in [0, 0.05) is 18.3 Å². The van der Waals surface area contributed by atoms with Crippen LogP contribution in [0.1, 0.15) is 30.9 Å². The van der Waals surface area contributed by atoms with Crippen molar-refractivity contribution in [3.8, 4) is 0 Å². The molecule has 0 heterocycles. The van der Waals surface area contributed by atoms with E-state index in [1.165, 1.54) is 24.3 Å². The lowest BCUT2D eigenvalue weighted by Crippen LogP contribution is -2.12. The Morgan fingerprint density at radius 2 is 1.69 bits per heavy atom. The number of anilines is 1. The maximum atomic E-state index is 13.5. The van der Waals surface area contributed by atoms with E-state index in [9.17, 15) is 17.2 Å². The van der Waals surface area contributed by atoms with E-state index in [1.807, 2.05) is 0 Å². The first-order valence-corrected chi connectivity index (χ1v) is 9.88. The molecule has 3 N–H and O–H groups in total. The van der Waals surface area contributed by atoms with Gasteiger partial charge in [-0.15, -0.1) is 0 Å². The summed E-state index contributed by atoms with van der Waals surface area (Å²) >= 11 is 0.